The Labute approximate surface area is 248 Å². The number of sulfonamides is 1. The summed E-state index contributed by atoms with van der Waals surface area (Å²) in [5.41, 5.74) is 1.81. The van der Waals surface area contributed by atoms with E-state index < -0.39 is 28.5 Å². The standard InChI is InChI=1S/C32H38ClN3O4S/c1-3-29(32(38)34-27-15-9-5-10-16-27)35(22-25-13-7-4-8-14-25)31(37)23-36(30-21-26(33)20-19-24(30)2)41(39,40)28-17-11-6-12-18-28/h4,6-8,11-14,17-21,27,29H,3,5,9-10,15-16,22-23H2,1-2H3,(H,34,38). The quantitative estimate of drug-likeness (QED) is 0.290. The van der Waals surface area contributed by atoms with Crippen molar-refractivity contribution in [2.75, 3.05) is 10.8 Å². The number of carbonyl (C=O) groups excluding carboxylic acids is 2. The van der Waals surface area contributed by atoms with Crippen molar-refractivity contribution in [2.45, 2.75) is 75.9 Å². The molecule has 1 fully saturated rings. The number of aryl methyl sites for hydroxylation is 1. The van der Waals surface area contributed by atoms with Gasteiger partial charge in [0.1, 0.15) is 12.6 Å². The Kier molecular flexibility index (Phi) is 10.5. The molecule has 1 N–H and O–H groups in total. The molecule has 3 aromatic rings. The van der Waals surface area contributed by atoms with E-state index in [0.717, 1.165) is 42.0 Å². The van der Waals surface area contributed by atoms with Crippen molar-refractivity contribution in [2.24, 2.45) is 0 Å². The van der Waals surface area contributed by atoms with Crippen LogP contribution in [0.4, 0.5) is 5.69 Å². The van der Waals surface area contributed by atoms with Crippen LogP contribution in [0.1, 0.15) is 56.6 Å². The molecule has 0 heterocycles. The number of benzene rings is 3. The van der Waals surface area contributed by atoms with Crippen molar-refractivity contribution in [3.8, 4) is 0 Å². The molecule has 41 heavy (non-hydrogen) atoms. The highest BCUT2D eigenvalue weighted by atomic mass is 35.5. The first-order chi connectivity index (χ1) is 19.7. The zero-order chi connectivity index (χ0) is 29.4. The van der Waals surface area contributed by atoms with Crippen LogP contribution in [0.15, 0.2) is 83.8 Å². The molecule has 0 aromatic heterocycles. The number of nitrogens with one attached hydrogen (secondary N) is 1. The van der Waals surface area contributed by atoms with E-state index in [9.17, 15) is 18.0 Å². The lowest BCUT2D eigenvalue weighted by atomic mass is 9.95. The minimum atomic E-state index is -4.14. The van der Waals surface area contributed by atoms with Gasteiger partial charge in [-0.3, -0.25) is 13.9 Å². The Hall–Kier alpha value is -3.36. The van der Waals surface area contributed by atoms with Gasteiger partial charge in [-0.15, -0.1) is 0 Å². The third-order valence-corrected chi connectivity index (χ3v) is 9.59. The molecule has 0 saturated heterocycles. The van der Waals surface area contributed by atoms with Gasteiger partial charge in [0.25, 0.3) is 10.0 Å². The van der Waals surface area contributed by atoms with E-state index in [2.05, 4.69) is 5.32 Å². The van der Waals surface area contributed by atoms with Crippen LogP contribution in [0.3, 0.4) is 0 Å². The maximum Gasteiger partial charge on any atom is 0.264 e. The molecule has 4 rings (SSSR count). The Morgan fingerprint density at radius 2 is 1.59 bits per heavy atom. The van der Waals surface area contributed by atoms with Crippen molar-refractivity contribution < 1.29 is 18.0 Å². The van der Waals surface area contributed by atoms with Crippen LogP contribution in [0, 0.1) is 6.92 Å². The third-order valence-electron chi connectivity index (χ3n) is 7.58. The molecule has 2 amide bonds. The Bertz CT molecular complexity index is 1430. The molecule has 1 aliphatic rings. The smallest absolute Gasteiger partial charge is 0.264 e. The number of halogens is 1. The van der Waals surface area contributed by atoms with Crippen LogP contribution >= 0.6 is 11.6 Å². The highest BCUT2D eigenvalue weighted by molar-refractivity contribution is 7.92. The second-order valence-corrected chi connectivity index (χ2v) is 12.8. The number of rotatable bonds is 11. The van der Waals surface area contributed by atoms with Gasteiger partial charge >= 0.3 is 0 Å². The average Bonchev–Trinajstić information content (AvgIpc) is 2.98. The molecule has 1 aliphatic carbocycles. The Morgan fingerprint density at radius 3 is 2.22 bits per heavy atom. The molecule has 3 aromatic carbocycles. The van der Waals surface area contributed by atoms with Gasteiger partial charge in [-0.25, -0.2) is 8.42 Å². The highest BCUT2D eigenvalue weighted by Crippen LogP contribution is 2.30. The first-order valence-electron chi connectivity index (χ1n) is 14.2. The number of anilines is 1. The van der Waals surface area contributed by atoms with Crippen molar-refractivity contribution in [3.05, 3.63) is 95.0 Å². The Balaban J connectivity index is 1.71. The van der Waals surface area contributed by atoms with Crippen LogP contribution in [-0.2, 0) is 26.2 Å². The summed E-state index contributed by atoms with van der Waals surface area (Å²) in [7, 11) is -4.14. The van der Waals surface area contributed by atoms with Crippen LogP contribution in [0.2, 0.25) is 5.02 Å². The van der Waals surface area contributed by atoms with Gasteiger partial charge in [0.05, 0.1) is 10.6 Å². The lowest BCUT2D eigenvalue weighted by Crippen LogP contribution is -2.54. The molecule has 218 valence electrons. The van der Waals surface area contributed by atoms with E-state index in [4.69, 9.17) is 11.6 Å². The summed E-state index contributed by atoms with van der Waals surface area (Å²) in [6.45, 7) is 3.33. The van der Waals surface area contributed by atoms with E-state index in [-0.39, 0.29) is 23.4 Å². The summed E-state index contributed by atoms with van der Waals surface area (Å²) in [5, 5.41) is 3.52. The van der Waals surface area contributed by atoms with E-state index in [1.807, 2.05) is 37.3 Å². The summed E-state index contributed by atoms with van der Waals surface area (Å²) in [6, 6.07) is 21.7. The molecule has 0 aliphatic heterocycles. The lowest BCUT2D eigenvalue weighted by molar-refractivity contribution is -0.140. The number of carbonyl (C=O) groups is 2. The fraction of sp³-hybridized carbons (Fsp3) is 0.375. The van der Waals surface area contributed by atoms with Crippen molar-refractivity contribution >= 4 is 39.1 Å². The minimum Gasteiger partial charge on any atom is -0.352 e. The number of hydrogen-bond acceptors (Lipinski definition) is 4. The monoisotopic (exact) mass is 595 g/mol. The minimum absolute atomic E-state index is 0.0591. The fourth-order valence-corrected chi connectivity index (χ4v) is 6.99. The summed E-state index contributed by atoms with van der Waals surface area (Å²) in [6.07, 6.45) is 5.53. The second kappa shape index (κ2) is 14.0. The molecular formula is C32H38ClN3O4S. The molecule has 7 nitrogen and oxygen atoms in total. The van der Waals surface area contributed by atoms with E-state index in [0.29, 0.717) is 22.7 Å². The van der Waals surface area contributed by atoms with Gasteiger partial charge in [0, 0.05) is 17.6 Å². The fourth-order valence-electron chi connectivity index (χ4n) is 5.33. The number of nitrogens with zero attached hydrogens (tertiary/aromatic N) is 2. The molecule has 1 atom stereocenters. The SMILES string of the molecule is CCC(C(=O)NC1CCCCC1)N(Cc1ccccc1)C(=O)CN(c1cc(Cl)ccc1C)S(=O)(=O)c1ccccc1. The molecular weight excluding hydrogens is 558 g/mol. The second-order valence-electron chi connectivity index (χ2n) is 10.5. The first-order valence-corrected chi connectivity index (χ1v) is 16.0. The number of hydrogen-bond donors (Lipinski definition) is 1. The molecule has 0 spiro atoms. The van der Waals surface area contributed by atoms with Crippen molar-refractivity contribution in [1.82, 2.24) is 10.2 Å². The zero-order valence-electron chi connectivity index (χ0n) is 23.6. The van der Waals surface area contributed by atoms with Crippen LogP contribution in [0.25, 0.3) is 0 Å². The van der Waals surface area contributed by atoms with Gasteiger partial charge in [-0.2, -0.15) is 0 Å². The van der Waals surface area contributed by atoms with Crippen LogP contribution < -0.4 is 9.62 Å². The third kappa shape index (κ3) is 7.68. The first kappa shape index (κ1) is 30.6. The summed E-state index contributed by atoms with van der Waals surface area (Å²) < 4.78 is 29.1. The normalized spacial score (nSPS) is 14.7. The maximum atomic E-state index is 14.2. The summed E-state index contributed by atoms with van der Waals surface area (Å²) in [4.78, 5) is 29.4. The predicted octanol–water partition coefficient (Wildman–Crippen LogP) is 6.10. The van der Waals surface area contributed by atoms with Gasteiger partial charge < -0.3 is 10.2 Å². The lowest BCUT2D eigenvalue weighted by Gasteiger charge is -2.34. The van der Waals surface area contributed by atoms with Gasteiger partial charge in [-0.05, 0) is 61.6 Å². The van der Waals surface area contributed by atoms with Gasteiger partial charge in [0.15, 0.2) is 0 Å². The largest absolute Gasteiger partial charge is 0.352 e. The van der Waals surface area contributed by atoms with E-state index in [1.165, 1.54) is 17.0 Å². The number of amides is 2. The van der Waals surface area contributed by atoms with E-state index in [1.54, 1.807) is 43.3 Å². The molecule has 9 heteroatoms. The molecule has 1 unspecified atom stereocenters. The summed E-state index contributed by atoms with van der Waals surface area (Å²) >= 11 is 6.30. The van der Waals surface area contributed by atoms with Crippen molar-refractivity contribution in [3.63, 3.8) is 0 Å². The topological polar surface area (TPSA) is 86.8 Å². The van der Waals surface area contributed by atoms with Crippen molar-refractivity contribution in [1.29, 1.82) is 0 Å². The van der Waals surface area contributed by atoms with Gasteiger partial charge in [-0.1, -0.05) is 92.4 Å². The highest BCUT2D eigenvalue weighted by Gasteiger charge is 2.35. The van der Waals surface area contributed by atoms with Crippen LogP contribution in [0.5, 0.6) is 0 Å². The van der Waals surface area contributed by atoms with Crippen LogP contribution in [-0.4, -0.2) is 43.8 Å². The molecule has 0 radical (unpaired) electrons. The van der Waals surface area contributed by atoms with E-state index >= 15 is 0 Å². The zero-order valence-corrected chi connectivity index (χ0v) is 25.2. The summed E-state index contributed by atoms with van der Waals surface area (Å²) in [5.74, 6) is -0.682. The van der Waals surface area contributed by atoms with Gasteiger partial charge in [0.2, 0.25) is 11.8 Å². The molecule has 0 bridgehead atoms. The predicted molar refractivity (Wildman–Crippen MR) is 163 cm³/mol. The molecule has 1 saturated carbocycles. The maximum absolute atomic E-state index is 14.2. The average molecular weight is 596 g/mol. The Morgan fingerprint density at radius 1 is 0.951 bits per heavy atom.